The van der Waals surface area contributed by atoms with E-state index in [1.807, 2.05) is 12.1 Å². The average molecular weight is 294 g/mol. The molecule has 0 N–H and O–H groups in total. The van der Waals surface area contributed by atoms with Crippen molar-refractivity contribution < 1.29 is 9.53 Å². The van der Waals surface area contributed by atoms with Gasteiger partial charge in [-0.15, -0.1) is 0 Å². The van der Waals surface area contributed by atoms with Crippen LogP contribution in [0.1, 0.15) is 22.3 Å². The summed E-state index contributed by atoms with van der Waals surface area (Å²) in [5.74, 6) is 0. The summed E-state index contributed by atoms with van der Waals surface area (Å²) >= 11 is 0. The summed E-state index contributed by atoms with van der Waals surface area (Å²) in [5.41, 5.74) is 5.34. The first-order valence-corrected chi connectivity index (χ1v) is 7.66. The molecule has 3 heteroatoms. The maximum atomic E-state index is 11.3. The Balaban J connectivity index is 1.95. The van der Waals surface area contributed by atoms with Crippen LogP contribution in [0.4, 0.5) is 5.69 Å². The highest BCUT2D eigenvalue weighted by molar-refractivity contribution is 5.86. The van der Waals surface area contributed by atoms with Crippen LogP contribution in [0.25, 0.3) is 0 Å². The molecule has 1 heterocycles. The smallest absolute Gasteiger partial charge is 0.235 e. The molecule has 3 rings (SSSR count). The van der Waals surface area contributed by atoms with Gasteiger partial charge in [-0.25, -0.2) is 0 Å². The zero-order valence-corrected chi connectivity index (χ0v) is 12.8. The lowest BCUT2D eigenvalue weighted by Gasteiger charge is -2.31. The number of para-hydroxylation sites is 1. The molecule has 2 aromatic rings. The number of hydrogen-bond acceptors (Lipinski definition) is 3. The van der Waals surface area contributed by atoms with E-state index in [0.29, 0.717) is 18.8 Å². The van der Waals surface area contributed by atoms with Gasteiger partial charge in [0.1, 0.15) is 0 Å². The molecule has 1 radical (unpaired) electrons. The SMILES string of the molecule is Cc1ccc(Cc2cccc([C]=O)c2N2CCOCC2)cc1. The summed E-state index contributed by atoms with van der Waals surface area (Å²) in [6, 6.07) is 14.4. The van der Waals surface area contributed by atoms with Crippen molar-refractivity contribution in [1.29, 1.82) is 0 Å². The number of morpholine rings is 1. The lowest BCUT2D eigenvalue weighted by molar-refractivity contribution is 0.122. The Kier molecular flexibility index (Phi) is 4.54. The van der Waals surface area contributed by atoms with E-state index in [4.69, 9.17) is 4.74 Å². The second-order valence-electron chi connectivity index (χ2n) is 5.68. The molecule has 0 aliphatic carbocycles. The van der Waals surface area contributed by atoms with Crippen molar-refractivity contribution in [2.24, 2.45) is 0 Å². The van der Waals surface area contributed by atoms with Gasteiger partial charge in [0.15, 0.2) is 0 Å². The first-order chi connectivity index (χ1) is 10.8. The monoisotopic (exact) mass is 294 g/mol. The molecule has 1 aliphatic heterocycles. The third-order valence-corrected chi connectivity index (χ3v) is 4.07. The van der Waals surface area contributed by atoms with Crippen molar-refractivity contribution in [3.63, 3.8) is 0 Å². The number of anilines is 1. The van der Waals surface area contributed by atoms with Gasteiger partial charge in [0.2, 0.25) is 6.29 Å². The molecule has 0 saturated carbocycles. The lowest BCUT2D eigenvalue weighted by atomic mass is 9.98. The molecule has 1 fully saturated rings. The van der Waals surface area contributed by atoms with Crippen LogP contribution in [0, 0.1) is 6.92 Å². The van der Waals surface area contributed by atoms with Gasteiger partial charge in [-0.1, -0.05) is 42.0 Å². The van der Waals surface area contributed by atoms with Gasteiger partial charge < -0.3 is 9.64 Å². The van der Waals surface area contributed by atoms with Gasteiger partial charge in [0.05, 0.1) is 18.9 Å². The van der Waals surface area contributed by atoms with Crippen LogP contribution < -0.4 is 4.90 Å². The second kappa shape index (κ2) is 6.75. The molecular weight excluding hydrogens is 274 g/mol. The summed E-state index contributed by atoms with van der Waals surface area (Å²) < 4.78 is 5.43. The molecule has 1 aliphatic rings. The molecule has 0 amide bonds. The molecule has 0 aromatic heterocycles. The third kappa shape index (κ3) is 3.20. The fourth-order valence-corrected chi connectivity index (χ4v) is 2.90. The Bertz CT molecular complexity index is 643. The van der Waals surface area contributed by atoms with E-state index in [-0.39, 0.29) is 0 Å². The Morgan fingerprint density at radius 1 is 1.09 bits per heavy atom. The van der Waals surface area contributed by atoms with Crippen LogP contribution in [0.15, 0.2) is 42.5 Å². The van der Waals surface area contributed by atoms with Crippen LogP contribution in [0.3, 0.4) is 0 Å². The molecule has 113 valence electrons. The van der Waals surface area contributed by atoms with Crippen LogP contribution >= 0.6 is 0 Å². The molecule has 0 unspecified atom stereocenters. The minimum Gasteiger partial charge on any atom is -0.378 e. The minimum absolute atomic E-state index is 0.645. The maximum Gasteiger partial charge on any atom is 0.235 e. The van der Waals surface area contributed by atoms with Crippen LogP contribution in [-0.2, 0) is 16.0 Å². The van der Waals surface area contributed by atoms with E-state index in [2.05, 4.69) is 48.4 Å². The van der Waals surface area contributed by atoms with Gasteiger partial charge in [0, 0.05) is 18.7 Å². The highest BCUT2D eigenvalue weighted by Gasteiger charge is 2.18. The highest BCUT2D eigenvalue weighted by Crippen LogP contribution is 2.27. The topological polar surface area (TPSA) is 29.5 Å². The Labute approximate surface area is 131 Å². The predicted octanol–water partition coefficient (Wildman–Crippen LogP) is 2.88. The molecule has 1 saturated heterocycles. The number of benzene rings is 2. The van der Waals surface area contributed by atoms with Crippen LogP contribution in [0.2, 0.25) is 0 Å². The van der Waals surface area contributed by atoms with Gasteiger partial charge >= 0.3 is 0 Å². The van der Waals surface area contributed by atoms with Crippen molar-refractivity contribution in [1.82, 2.24) is 0 Å². The van der Waals surface area contributed by atoms with Crippen molar-refractivity contribution >= 4 is 12.0 Å². The van der Waals surface area contributed by atoms with Crippen molar-refractivity contribution in [2.45, 2.75) is 13.3 Å². The molecule has 0 bridgehead atoms. The maximum absolute atomic E-state index is 11.3. The normalized spacial score (nSPS) is 14.9. The molecule has 22 heavy (non-hydrogen) atoms. The van der Waals surface area contributed by atoms with E-state index in [1.165, 1.54) is 16.7 Å². The molecular formula is C19H20NO2. The molecule has 0 spiro atoms. The fourth-order valence-electron chi connectivity index (χ4n) is 2.90. The number of aryl methyl sites for hydroxylation is 1. The summed E-state index contributed by atoms with van der Waals surface area (Å²) in [7, 11) is 0. The summed E-state index contributed by atoms with van der Waals surface area (Å²) in [4.78, 5) is 13.6. The van der Waals surface area contributed by atoms with E-state index >= 15 is 0 Å². The second-order valence-corrected chi connectivity index (χ2v) is 5.68. The number of carbonyl (C=O) groups excluding carboxylic acids is 1. The van der Waals surface area contributed by atoms with E-state index < -0.39 is 0 Å². The van der Waals surface area contributed by atoms with Crippen molar-refractivity contribution in [2.75, 3.05) is 31.2 Å². The van der Waals surface area contributed by atoms with Crippen LogP contribution in [-0.4, -0.2) is 32.6 Å². The number of ether oxygens (including phenoxy) is 1. The quantitative estimate of drug-likeness (QED) is 0.868. The van der Waals surface area contributed by atoms with Gasteiger partial charge in [0.25, 0.3) is 0 Å². The predicted molar refractivity (Wildman–Crippen MR) is 88.3 cm³/mol. The third-order valence-electron chi connectivity index (χ3n) is 4.07. The first kappa shape index (κ1) is 14.8. The zero-order chi connectivity index (χ0) is 15.4. The fraction of sp³-hybridized carbons (Fsp3) is 0.316. The number of rotatable bonds is 4. The Hall–Kier alpha value is -2.13. The molecule has 0 atom stereocenters. The first-order valence-electron chi connectivity index (χ1n) is 7.66. The highest BCUT2D eigenvalue weighted by atomic mass is 16.5. The van der Waals surface area contributed by atoms with E-state index in [9.17, 15) is 4.79 Å². The van der Waals surface area contributed by atoms with Crippen LogP contribution in [0.5, 0.6) is 0 Å². The van der Waals surface area contributed by atoms with Gasteiger partial charge in [-0.05, 0) is 30.5 Å². The van der Waals surface area contributed by atoms with E-state index in [0.717, 1.165) is 25.2 Å². The van der Waals surface area contributed by atoms with Crippen molar-refractivity contribution in [3.05, 3.63) is 64.7 Å². The number of hydrogen-bond donors (Lipinski definition) is 0. The summed E-state index contributed by atoms with van der Waals surface area (Å²) in [5, 5.41) is 0. The lowest BCUT2D eigenvalue weighted by Crippen LogP contribution is -2.37. The minimum atomic E-state index is 0.645. The zero-order valence-electron chi connectivity index (χ0n) is 12.8. The number of nitrogens with zero attached hydrogens (tertiary/aromatic N) is 1. The van der Waals surface area contributed by atoms with E-state index in [1.54, 1.807) is 0 Å². The standard InChI is InChI=1S/C19H20NO2/c1-15-5-7-16(8-6-15)13-17-3-2-4-18(14-21)19(17)20-9-11-22-12-10-20/h2-8H,9-13H2,1H3. The summed E-state index contributed by atoms with van der Waals surface area (Å²) in [6.45, 7) is 5.14. The van der Waals surface area contributed by atoms with Gasteiger partial charge in [-0.3, -0.25) is 4.79 Å². The summed E-state index contributed by atoms with van der Waals surface area (Å²) in [6.07, 6.45) is 2.92. The molecule has 3 nitrogen and oxygen atoms in total. The van der Waals surface area contributed by atoms with Gasteiger partial charge in [-0.2, -0.15) is 0 Å². The molecule has 2 aromatic carbocycles. The Morgan fingerprint density at radius 2 is 1.82 bits per heavy atom. The average Bonchev–Trinajstić information content (AvgIpc) is 2.57. The largest absolute Gasteiger partial charge is 0.378 e. The Morgan fingerprint density at radius 3 is 2.50 bits per heavy atom. The van der Waals surface area contributed by atoms with Crippen molar-refractivity contribution in [3.8, 4) is 0 Å².